The first-order valence-electron chi connectivity index (χ1n) is 7.26. The van der Waals surface area contributed by atoms with Crippen LogP contribution in [0.4, 0.5) is 4.39 Å². The zero-order valence-corrected chi connectivity index (χ0v) is 15.3. The van der Waals surface area contributed by atoms with E-state index < -0.39 is 5.82 Å². The molecule has 0 atom stereocenters. The third-order valence-corrected chi connectivity index (χ3v) is 4.16. The molecule has 0 aliphatic carbocycles. The van der Waals surface area contributed by atoms with Crippen LogP contribution in [0.1, 0.15) is 35.7 Å². The van der Waals surface area contributed by atoms with E-state index in [1.54, 1.807) is 30.3 Å². The van der Waals surface area contributed by atoms with Crippen LogP contribution in [0.2, 0.25) is 5.02 Å². The van der Waals surface area contributed by atoms with Gasteiger partial charge in [-0.2, -0.15) is 0 Å². The smallest absolute Gasteiger partial charge is 0.168 e. The molecule has 126 valence electrons. The third-order valence-electron chi connectivity index (χ3n) is 3.36. The minimum atomic E-state index is -0.407. The van der Waals surface area contributed by atoms with Crippen LogP contribution in [0.15, 0.2) is 40.9 Å². The first kappa shape index (κ1) is 18.6. The summed E-state index contributed by atoms with van der Waals surface area (Å²) >= 11 is 9.30. The van der Waals surface area contributed by atoms with E-state index in [0.29, 0.717) is 10.0 Å². The Morgan fingerprint density at radius 3 is 2.62 bits per heavy atom. The van der Waals surface area contributed by atoms with Crippen LogP contribution in [0.3, 0.4) is 0 Å². The number of benzene rings is 2. The Morgan fingerprint density at radius 1 is 1.21 bits per heavy atom. The molecular weight excluding hydrogens is 399 g/mol. The fourth-order valence-corrected chi connectivity index (χ4v) is 2.71. The quantitative estimate of drug-likeness (QED) is 0.573. The van der Waals surface area contributed by atoms with Crippen LogP contribution in [-0.4, -0.2) is 11.6 Å². The minimum absolute atomic E-state index is 0.0353. The second-order valence-corrected chi connectivity index (χ2v) is 6.59. The van der Waals surface area contributed by atoms with Crippen molar-refractivity contribution in [3.05, 3.63) is 62.8 Å². The Morgan fingerprint density at radius 2 is 1.96 bits per heavy atom. The van der Waals surface area contributed by atoms with Crippen molar-refractivity contribution in [3.8, 4) is 5.75 Å². The van der Waals surface area contributed by atoms with Crippen LogP contribution in [-0.2, 0) is 11.4 Å². The largest absolute Gasteiger partial charge is 0.488 e. The van der Waals surface area contributed by atoms with Gasteiger partial charge in [0.1, 0.15) is 24.0 Å². The Labute approximate surface area is 152 Å². The molecule has 24 heavy (non-hydrogen) atoms. The lowest BCUT2D eigenvalue weighted by atomic mass is 10.0. The highest BCUT2D eigenvalue weighted by Gasteiger charge is 2.17. The van der Waals surface area contributed by atoms with Crippen LogP contribution in [0, 0.1) is 5.82 Å². The summed E-state index contributed by atoms with van der Waals surface area (Å²) in [7, 11) is 0. The molecule has 2 aromatic carbocycles. The normalized spacial score (nSPS) is 10.5. The molecule has 3 nitrogen and oxygen atoms in total. The first-order valence-corrected chi connectivity index (χ1v) is 8.43. The molecule has 6 heteroatoms. The maximum absolute atomic E-state index is 13.9. The zero-order chi connectivity index (χ0) is 17.7. The molecule has 0 aliphatic rings. The number of carbonyl (C=O) groups is 2. The summed E-state index contributed by atoms with van der Waals surface area (Å²) in [5.74, 6) is -0.480. The topological polar surface area (TPSA) is 43.4 Å². The summed E-state index contributed by atoms with van der Waals surface area (Å²) in [6, 6.07) is 9.48. The number of hydrogen-bond acceptors (Lipinski definition) is 3. The van der Waals surface area contributed by atoms with Crippen molar-refractivity contribution in [2.24, 2.45) is 0 Å². The molecule has 0 unspecified atom stereocenters. The van der Waals surface area contributed by atoms with Gasteiger partial charge >= 0.3 is 0 Å². The lowest BCUT2D eigenvalue weighted by molar-refractivity contribution is -0.116. The van der Waals surface area contributed by atoms with E-state index in [-0.39, 0.29) is 47.4 Å². The molecule has 0 N–H and O–H groups in total. The predicted molar refractivity (Wildman–Crippen MR) is 94.1 cm³/mol. The summed E-state index contributed by atoms with van der Waals surface area (Å²) in [4.78, 5) is 23.4. The maximum atomic E-state index is 13.9. The lowest BCUT2D eigenvalue weighted by Gasteiger charge is -2.13. The van der Waals surface area contributed by atoms with E-state index >= 15 is 0 Å². The number of ether oxygens (including phenoxy) is 1. The molecule has 0 radical (unpaired) electrons. The van der Waals surface area contributed by atoms with E-state index in [1.807, 2.05) is 0 Å². The molecule has 2 rings (SSSR count). The van der Waals surface area contributed by atoms with E-state index in [1.165, 1.54) is 13.0 Å². The van der Waals surface area contributed by atoms with E-state index in [2.05, 4.69) is 15.9 Å². The number of rotatable bonds is 7. The molecule has 0 aliphatic heterocycles. The molecule has 0 spiro atoms. The van der Waals surface area contributed by atoms with Crippen molar-refractivity contribution < 1.29 is 18.7 Å². The summed E-state index contributed by atoms with van der Waals surface area (Å²) < 4.78 is 20.1. The van der Waals surface area contributed by atoms with Crippen LogP contribution < -0.4 is 4.74 Å². The second kappa shape index (κ2) is 8.40. The average Bonchev–Trinajstić information content (AvgIpc) is 2.52. The van der Waals surface area contributed by atoms with Gasteiger partial charge in [0.25, 0.3) is 0 Å². The number of carbonyl (C=O) groups excluding carboxylic acids is 2. The second-order valence-electron chi connectivity index (χ2n) is 5.26. The van der Waals surface area contributed by atoms with Crippen LogP contribution in [0.25, 0.3) is 0 Å². The third kappa shape index (κ3) is 4.89. The van der Waals surface area contributed by atoms with Crippen molar-refractivity contribution in [3.63, 3.8) is 0 Å². The Balaban J connectivity index is 2.19. The van der Waals surface area contributed by atoms with Crippen molar-refractivity contribution >= 4 is 39.1 Å². The van der Waals surface area contributed by atoms with Gasteiger partial charge in [0.05, 0.1) is 10.6 Å². The van der Waals surface area contributed by atoms with Crippen molar-refractivity contribution in [1.29, 1.82) is 0 Å². The fourth-order valence-electron chi connectivity index (χ4n) is 2.10. The molecular formula is C18H15BrClFO3. The number of Topliss-reactive ketones (excluding diaryl/α,β-unsaturated/α-hetero) is 2. The SMILES string of the molecule is CC(=O)CCC(=O)c1c(Cl)cccc1OCc1ccc(Br)cc1F. The Hall–Kier alpha value is -1.72. The molecule has 0 amide bonds. The van der Waals surface area contributed by atoms with E-state index in [9.17, 15) is 14.0 Å². The van der Waals surface area contributed by atoms with E-state index in [4.69, 9.17) is 16.3 Å². The van der Waals surface area contributed by atoms with Crippen LogP contribution >= 0.6 is 27.5 Å². The maximum Gasteiger partial charge on any atom is 0.168 e. The van der Waals surface area contributed by atoms with Gasteiger partial charge in [-0.15, -0.1) is 0 Å². The summed E-state index contributed by atoms with van der Waals surface area (Å²) in [5.41, 5.74) is 0.582. The highest BCUT2D eigenvalue weighted by Crippen LogP contribution is 2.29. The molecule has 0 fully saturated rings. The summed E-state index contributed by atoms with van der Waals surface area (Å²) in [5, 5.41) is 0.248. The Bertz CT molecular complexity index is 777. The van der Waals surface area contributed by atoms with Gasteiger partial charge in [-0.25, -0.2) is 4.39 Å². The monoisotopic (exact) mass is 412 g/mol. The van der Waals surface area contributed by atoms with Crippen molar-refractivity contribution in [2.45, 2.75) is 26.4 Å². The highest BCUT2D eigenvalue weighted by atomic mass is 79.9. The van der Waals surface area contributed by atoms with E-state index in [0.717, 1.165) is 0 Å². The molecule has 0 heterocycles. The number of halogens is 3. The summed E-state index contributed by atoms with van der Waals surface area (Å²) in [6.07, 6.45) is 0.201. The van der Waals surface area contributed by atoms with Gasteiger partial charge in [0.15, 0.2) is 5.78 Å². The molecule has 0 aromatic heterocycles. The standard InChI is InChI=1S/C18H15BrClFO3/c1-11(22)5-8-16(23)18-14(20)3-2-4-17(18)24-10-12-6-7-13(19)9-15(12)21/h2-4,6-7,9H,5,8,10H2,1H3. The van der Waals surface area contributed by atoms with Gasteiger partial charge < -0.3 is 9.53 Å². The molecule has 2 aromatic rings. The lowest BCUT2D eigenvalue weighted by Crippen LogP contribution is -2.07. The number of ketones is 2. The van der Waals surface area contributed by atoms with Gasteiger partial charge in [-0.05, 0) is 31.2 Å². The highest BCUT2D eigenvalue weighted by molar-refractivity contribution is 9.10. The summed E-state index contributed by atoms with van der Waals surface area (Å²) in [6.45, 7) is 1.39. The van der Waals surface area contributed by atoms with Crippen LogP contribution in [0.5, 0.6) is 5.75 Å². The molecule has 0 saturated heterocycles. The van der Waals surface area contributed by atoms with Crippen molar-refractivity contribution in [2.75, 3.05) is 0 Å². The zero-order valence-electron chi connectivity index (χ0n) is 12.9. The van der Waals surface area contributed by atoms with Gasteiger partial charge in [-0.1, -0.05) is 39.7 Å². The predicted octanol–water partition coefficient (Wildman–Crippen LogP) is 5.37. The van der Waals surface area contributed by atoms with Gasteiger partial charge in [-0.3, -0.25) is 4.79 Å². The first-order chi connectivity index (χ1) is 11.4. The Kier molecular flexibility index (Phi) is 6.52. The minimum Gasteiger partial charge on any atom is -0.488 e. The molecule has 0 saturated carbocycles. The van der Waals surface area contributed by atoms with Crippen molar-refractivity contribution in [1.82, 2.24) is 0 Å². The van der Waals surface area contributed by atoms with Gasteiger partial charge in [0.2, 0.25) is 0 Å². The molecule has 0 bridgehead atoms. The fraction of sp³-hybridized carbons (Fsp3) is 0.222. The van der Waals surface area contributed by atoms with Gasteiger partial charge in [0, 0.05) is 22.9 Å². The number of hydrogen-bond donors (Lipinski definition) is 0. The average molecular weight is 414 g/mol.